The fraction of sp³-hybridized carbons (Fsp3) is 0.385. The Bertz CT molecular complexity index is 541. The zero-order valence-corrected chi connectivity index (χ0v) is 10.3. The first-order valence-corrected chi connectivity index (χ1v) is 5.74. The normalized spacial score (nSPS) is 17.8. The van der Waals surface area contributed by atoms with Gasteiger partial charge in [0.15, 0.2) is 0 Å². The number of carbonyl (C=O) groups is 1. The van der Waals surface area contributed by atoms with Crippen LogP contribution in [0.1, 0.15) is 35.3 Å². The van der Waals surface area contributed by atoms with Gasteiger partial charge in [-0.3, -0.25) is 4.98 Å². The zero-order chi connectivity index (χ0) is 14.0. The van der Waals surface area contributed by atoms with Gasteiger partial charge in [-0.2, -0.15) is 0 Å². The number of rotatable bonds is 2. The average molecular weight is 271 g/mol. The number of esters is 1. The van der Waals surface area contributed by atoms with Crippen molar-refractivity contribution in [2.45, 2.75) is 25.2 Å². The number of allylic oxidation sites excluding steroid dienone is 2. The molecule has 1 heterocycles. The lowest BCUT2D eigenvalue weighted by atomic mass is 9.93. The molecule has 0 aromatic carbocycles. The van der Waals surface area contributed by atoms with Crippen molar-refractivity contribution in [2.75, 3.05) is 7.11 Å². The number of hydrogen-bond donors (Lipinski definition) is 0. The molecule has 102 valence electrons. The summed E-state index contributed by atoms with van der Waals surface area (Å²) in [6.07, 6.45) is 1.81. The molecule has 6 heteroatoms. The SMILES string of the molecule is COC(=O)c1cnc(C2=CCC(F)(F)CC2)c(F)c1. The molecule has 0 atom stereocenters. The molecule has 0 bridgehead atoms. The van der Waals surface area contributed by atoms with E-state index in [1.54, 1.807) is 0 Å². The van der Waals surface area contributed by atoms with E-state index in [4.69, 9.17) is 0 Å². The van der Waals surface area contributed by atoms with Crippen LogP contribution in [0.25, 0.3) is 5.57 Å². The predicted octanol–water partition coefficient (Wildman–Crippen LogP) is 3.21. The van der Waals surface area contributed by atoms with Crippen molar-refractivity contribution in [3.05, 3.63) is 35.4 Å². The number of pyridine rings is 1. The molecule has 0 amide bonds. The summed E-state index contributed by atoms with van der Waals surface area (Å²) in [5, 5.41) is 0. The van der Waals surface area contributed by atoms with Crippen LogP contribution in [0.5, 0.6) is 0 Å². The molecule has 19 heavy (non-hydrogen) atoms. The molecule has 0 saturated heterocycles. The van der Waals surface area contributed by atoms with E-state index in [-0.39, 0.29) is 24.1 Å². The van der Waals surface area contributed by atoms with Crippen molar-refractivity contribution in [3.63, 3.8) is 0 Å². The summed E-state index contributed by atoms with van der Waals surface area (Å²) in [6.45, 7) is 0. The van der Waals surface area contributed by atoms with Gasteiger partial charge in [-0.05, 0) is 18.1 Å². The molecule has 0 fully saturated rings. The predicted molar refractivity (Wildman–Crippen MR) is 62.3 cm³/mol. The molecule has 0 unspecified atom stereocenters. The number of halogens is 3. The summed E-state index contributed by atoms with van der Waals surface area (Å²) < 4.78 is 44.2. The van der Waals surface area contributed by atoms with Gasteiger partial charge >= 0.3 is 5.97 Å². The fourth-order valence-electron chi connectivity index (χ4n) is 1.91. The van der Waals surface area contributed by atoms with Gasteiger partial charge in [-0.25, -0.2) is 18.0 Å². The van der Waals surface area contributed by atoms with Crippen LogP contribution in [0, 0.1) is 5.82 Å². The van der Waals surface area contributed by atoms with Crippen LogP contribution >= 0.6 is 0 Å². The smallest absolute Gasteiger partial charge is 0.339 e. The van der Waals surface area contributed by atoms with Crippen molar-refractivity contribution in [1.29, 1.82) is 0 Å². The first-order valence-electron chi connectivity index (χ1n) is 5.74. The second kappa shape index (κ2) is 5.03. The van der Waals surface area contributed by atoms with Crippen molar-refractivity contribution >= 4 is 11.5 Å². The van der Waals surface area contributed by atoms with Crippen LogP contribution in [-0.2, 0) is 4.74 Å². The molecule has 0 saturated carbocycles. The van der Waals surface area contributed by atoms with E-state index >= 15 is 0 Å². The lowest BCUT2D eigenvalue weighted by Gasteiger charge is -2.21. The highest BCUT2D eigenvalue weighted by Gasteiger charge is 2.32. The summed E-state index contributed by atoms with van der Waals surface area (Å²) in [6, 6.07) is 1.00. The first kappa shape index (κ1) is 13.6. The third-order valence-electron chi connectivity index (χ3n) is 2.97. The Kier molecular flexibility index (Phi) is 3.59. The van der Waals surface area contributed by atoms with Gasteiger partial charge in [0.2, 0.25) is 0 Å². The van der Waals surface area contributed by atoms with E-state index in [2.05, 4.69) is 9.72 Å². The highest BCUT2D eigenvalue weighted by molar-refractivity contribution is 5.89. The summed E-state index contributed by atoms with van der Waals surface area (Å²) in [5.41, 5.74) is 0.452. The molecule has 2 rings (SSSR count). The number of ether oxygens (including phenoxy) is 1. The molecule has 0 radical (unpaired) electrons. The van der Waals surface area contributed by atoms with Crippen molar-refractivity contribution < 1.29 is 22.7 Å². The second-order valence-corrected chi connectivity index (χ2v) is 4.34. The van der Waals surface area contributed by atoms with Crippen LogP contribution in [0.3, 0.4) is 0 Å². The number of nitrogens with zero attached hydrogens (tertiary/aromatic N) is 1. The summed E-state index contributed by atoms with van der Waals surface area (Å²) in [4.78, 5) is 15.0. The highest BCUT2D eigenvalue weighted by atomic mass is 19.3. The van der Waals surface area contributed by atoms with Crippen LogP contribution in [0.4, 0.5) is 13.2 Å². The molecular formula is C13H12F3NO2. The van der Waals surface area contributed by atoms with Gasteiger partial charge in [0.1, 0.15) is 11.5 Å². The number of carbonyl (C=O) groups excluding carboxylic acids is 1. The Hall–Kier alpha value is -1.85. The van der Waals surface area contributed by atoms with Gasteiger partial charge in [0.05, 0.1) is 12.7 Å². The number of hydrogen-bond acceptors (Lipinski definition) is 3. The van der Waals surface area contributed by atoms with Gasteiger partial charge in [0.25, 0.3) is 5.92 Å². The van der Waals surface area contributed by atoms with Crippen LogP contribution in [0.2, 0.25) is 0 Å². The maximum atomic E-state index is 13.8. The quantitative estimate of drug-likeness (QED) is 0.775. The number of methoxy groups -OCH3 is 1. The van der Waals surface area contributed by atoms with Gasteiger partial charge in [-0.1, -0.05) is 6.08 Å². The van der Waals surface area contributed by atoms with Gasteiger partial charge in [-0.15, -0.1) is 0 Å². The Morgan fingerprint density at radius 1 is 1.47 bits per heavy atom. The summed E-state index contributed by atoms with van der Waals surface area (Å²) in [7, 11) is 1.18. The van der Waals surface area contributed by atoms with E-state index in [0.29, 0.717) is 5.57 Å². The van der Waals surface area contributed by atoms with Crippen LogP contribution < -0.4 is 0 Å². The molecule has 1 aromatic heterocycles. The molecule has 1 aliphatic rings. The molecule has 0 spiro atoms. The molecule has 1 aliphatic carbocycles. The first-order chi connectivity index (χ1) is 8.93. The monoisotopic (exact) mass is 271 g/mol. The second-order valence-electron chi connectivity index (χ2n) is 4.34. The lowest BCUT2D eigenvalue weighted by Crippen LogP contribution is -2.18. The molecular weight excluding hydrogens is 259 g/mol. The average Bonchev–Trinajstić information content (AvgIpc) is 2.38. The van der Waals surface area contributed by atoms with Crippen LogP contribution in [0.15, 0.2) is 18.3 Å². The number of aromatic nitrogens is 1. The third-order valence-corrected chi connectivity index (χ3v) is 2.97. The fourth-order valence-corrected chi connectivity index (χ4v) is 1.91. The largest absolute Gasteiger partial charge is 0.465 e. The Labute approximate surface area is 108 Å². The maximum Gasteiger partial charge on any atom is 0.339 e. The van der Waals surface area contributed by atoms with E-state index in [1.807, 2.05) is 0 Å². The van der Waals surface area contributed by atoms with Gasteiger partial charge in [0, 0.05) is 19.0 Å². The van der Waals surface area contributed by atoms with Gasteiger partial charge < -0.3 is 4.74 Å². The molecule has 1 aromatic rings. The Balaban J connectivity index is 2.27. The molecule has 3 nitrogen and oxygen atoms in total. The molecule has 0 N–H and O–H groups in total. The summed E-state index contributed by atoms with van der Waals surface area (Å²) in [5.74, 6) is -4.13. The van der Waals surface area contributed by atoms with Crippen molar-refractivity contribution in [1.82, 2.24) is 4.98 Å². The Morgan fingerprint density at radius 3 is 2.74 bits per heavy atom. The van der Waals surface area contributed by atoms with E-state index in [9.17, 15) is 18.0 Å². The van der Waals surface area contributed by atoms with E-state index < -0.39 is 24.1 Å². The minimum atomic E-state index is -2.73. The van der Waals surface area contributed by atoms with E-state index in [0.717, 1.165) is 6.07 Å². The van der Waals surface area contributed by atoms with Crippen molar-refractivity contribution in [2.24, 2.45) is 0 Å². The van der Waals surface area contributed by atoms with Crippen LogP contribution in [-0.4, -0.2) is 24.0 Å². The minimum absolute atomic E-state index is 0.00881. The highest BCUT2D eigenvalue weighted by Crippen LogP contribution is 2.36. The number of alkyl halides is 2. The lowest BCUT2D eigenvalue weighted by molar-refractivity contribution is -0.00609. The topological polar surface area (TPSA) is 39.2 Å². The zero-order valence-electron chi connectivity index (χ0n) is 10.3. The Morgan fingerprint density at radius 2 is 2.21 bits per heavy atom. The maximum absolute atomic E-state index is 13.8. The minimum Gasteiger partial charge on any atom is -0.465 e. The summed E-state index contributed by atoms with van der Waals surface area (Å²) >= 11 is 0. The molecule has 0 aliphatic heterocycles. The van der Waals surface area contributed by atoms with Crippen molar-refractivity contribution in [3.8, 4) is 0 Å². The van der Waals surface area contributed by atoms with E-state index in [1.165, 1.54) is 19.4 Å². The standard InChI is InChI=1S/C13H12F3NO2/c1-19-12(18)9-6-10(14)11(17-7-9)8-2-4-13(15,16)5-3-8/h2,6-7H,3-5H2,1H3. The third kappa shape index (κ3) is 2.94.